The van der Waals surface area contributed by atoms with Crippen LogP contribution in [0.3, 0.4) is 0 Å². The minimum absolute atomic E-state index is 0.260. The monoisotopic (exact) mass is 299 g/mol. The maximum absolute atomic E-state index is 10.3. The number of nitrogens with one attached hydrogen (secondary N) is 1. The second kappa shape index (κ2) is 7.97. The van der Waals surface area contributed by atoms with E-state index in [1.807, 2.05) is 49.4 Å². The van der Waals surface area contributed by atoms with Gasteiger partial charge in [0.05, 0.1) is 13.2 Å². The Kier molecular flexibility index (Phi) is 5.99. The molecule has 0 amide bonds. The van der Waals surface area contributed by atoms with Gasteiger partial charge in [0.2, 0.25) is 0 Å². The molecule has 0 saturated heterocycles. The van der Waals surface area contributed by atoms with Crippen molar-refractivity contribution < 1.29 is 9.84 Å². The Balaban J connectivity index is 1.88. The van der Waals surface area contributed by atoms with Crippen LogP contribution >= 0.6 is 0 Å². The molecule has 118 valence electrons. The number of hydrogen-bond acceptors (Lipinski definition) is 3. The highest BCUT2D eigenvalue weighted by Crippen LogP contribution is 2.19. The lowest BCUT2D eigenvalue weighted by Crippen LogP contribution is -2.32. The molecule has 2 aromatic carbocycles. The van der Waals surface area contributed by atoms with Gasteiger partial charge >= 0.3 is 0 Å². The van der Waals surface area contributed by atoms with Crippen LogP contribution in [0.1, 0.15) is 29.7 Å². The van der Waals surface area contributed by atoms with Crippen LogP contribution in [-0.2, 0) is 6.42 Å². The molecule has 0 spiro atoms. The first-order valence-corrected chi connectivity index (χ1v) is 7.70. The van der Waals surface area contributed by atoms with Crippen molar-refractivity contribution in [2.45, 2.75) is 32.4 Å². The van der Waals surface area contributed by atoms with E-state index in [0.29, 0.717) is 6.54 Å². The van der Waals surface area contributed by atoms with Crippen LogP contribution in [0.2, 0.25) is 0 Å². The lowest BCUT2D eigenvalue weighted by molar-refractivity contribution is 0.170. The summed E-state index contributed by atoms with van der Waals surface area (Å²) in [6.45, 7) is 4.70. The van der Waals surface area contributed by atoms with Crippen molar-refractivity contribution in [2.75, 3.05) is 13.7 Å². The zero-order chi connectivity index (χ0) is 15.9. The van der Waals surface area contributed by atoms with Crippen molar-refractivity contribution in [3.8, 4) is 5.75 Å². The molecule has 0 aliphatic rings. The topological polar surface area (TPSA) is 41.5 Å². The molecule has 0 aromatic heterocycles. The van der Waals surface area contributed by atoms with E-state index in [0.717, 1.165) is 17.7 Å². The Labute approximate surface area is 133 Å². The van der Waals surface area contributed by atoms with Gasteiger partial charge < -0.3 is 15.2 Å². The smallest absolute Gasteiger partial charge is 0.122 e. The van der Waals surface area contributed by atoms with Gasteiger partial charge in [0.25, 0.3) is 0 Å². The summed E-state index contributed by atoms with van der Waals surface area (Å²) in [6.07, 6.45) is 0.380. The fraction of sp³-hybridized carbons (Fsp3) is 0.368. The van der Waals surface area contributed by atoms with E-state index >= 15 is 0 Å². The first-order valence-electron chi connectivity index (χ1n) is 7.70. The quantitative estimate of drug-likeness (QED) is 0.824. The van der Waals surface area contributed by atoms with Crippen LogP contribution in [-0.4, -0.2) is 24.8 Å². The Hall–Kier alpha value is -1.84. The van der Waals surface area contributed by atoms with Crippen molar-refractivity contribution in [3.63, 3.8) is 0 Å². The lowest BCUT2D eigenvalue weighted by Gasteiger charge is -2.19. The summed E-state index contributed by atoms with van der Waals surface area (Å²) < 4.78 is 5.38. The number of hydrogen-bond donors (Lipinski definition) is 2. The standard InChI is InChI=1S/C19H25NO2/c1-14-7-6-9-16(11-14)18(21)13-20-15(2)12-17-8-4-5-10-19(17)22-3/h4-11,15,18,20-21H,12-13H2,1-3H3/t15-,18+/m1/s1. The summed E-state index contributed by atoms with van der Waals surface area (Å²) in [5, 5.41) is 13.7. The van der Waals surface area contributed by atoms with Crippen LogP contribution in [0.15, 0.2) is 48.5 Å². The van der Waals surface area contributed by atoms with Crippen molar-refractivity contribution in [3.05, 3.63) is 65.2 Å². The maximum atomic E-state index is 10.3. The van der Waals surface area contributed by atoms with Gasteiger partial charge in [-0.25, -0.2) is 0 Å². The molecule has 3 nitrogen and oxygen atoms in total. The van der Waals surface area contributed by atoms with Crippen LogP contribution in [0.25, 0.3) is 0 Å². The van der Waals surface area contributed by atoms with Gasteiger partial charge in [-0.05, 0) is 37.5 Å². The number of benzene rings is 2. The highest BCUT2D eigenvalue weighted by atomic mass is 16.5. The fourth-order valence-corrected chi connectivity index (χ4v) is 2.58. The fourth-order valence-electron chi connectivity index (χ4n) is 2.58. The number of aryl methyl sites for hydroxylation is 1. The van der Waals surface area contributed by atoms with Crippen LogP contribution in [0, 0.1) is 6.92 Å². The number of rotatable bonds is 7. The summed E-state index contributed by atoms with van der Waals surface area (Å²) in [4.78, 5) is 0. The molecule has 0 aliphatic carbocycles. The number of para-hydroxylation sites is 1. The van der Waals surface area contributed by atoms with Gasteiger partial charge in [0.15, 0.2) is 0 Å². The summed E-state index contributed by atoms with van der Waals surface area (Å²) in [5.41, 5.74) is 3.30. The van der Waals surface area contributed by atoms with E-state index in [1.54, 1.807) is 7.11 Å². The lowest BCUT2D eigenvalue weighted by atomic mass is 10.0. The zero-order valence-corrected chi connectivity index (χ0v) is 13.5. The summed E-state index contributed by atoms with van der Waals surface area (Å²) in [7, 11) is 1.69. The van der Waals surface area contributed by atoms with E-state index in [1.165, 1.54) is 11.1 Å². The van der Waals surface area contributed by atoms with Crippen LogP contribution in [0.4, 0.5) is 0 Å². The Morgan fingerprint density at radius 1 is 1.14 bits per heavy atom. The molecule has 2 N–H and O–H groups in total. The van der Waals surface area contributed by atoms with Crippen LogP contribution < -0.4 is 10.1 Å². The third kappa shape index (κ3) is 4.58. The second-order valence-corrected chi connectivity index (χ2v) is 5.76. The van der Waals surface area contributed by atoms with Gasteiger partial charge in [-0.1, -0.05) is 48.0 Å². The maximum Gasteiger partial charge on any atom is 0.122 e. The largest absolute Gasteiger partial charge is 0.496 e. The van der Waals surface area contributed by atoms with E-state index < -0.39 is 6.10 Å². The molecule has 22 heavy (non-hydrogen) atoms. The van der Waals surface area contributed by atoms with Gasteiger partial charge in [-0.15, -0.1) is 0 Å². The molecular weight excluding hydrogens is 274 g/mol. The molecule has 0 radical (unpaired) electrons. The van der Waals surface area contributed by atoms with Gasteiger partial charge in [-0.2, -0.15) is 0 Å². The predicted octanol–water partition coefficient (Wildman–Crippen LogP) is 3.26. The molecule has 2 atom stereocenters. The number of aliphatic hydroxyl groups is 1. The zero-order valence-electron chi connectivity index (χ0n) is 13.5. The SMILES string of the molecule is COc1ccccc1C[C@@H](C)NC[C@H](O)c1cccc(C)c1. The molecule has 0 fully saturated rings. The van der Waals surface area contributed by atoms with E-state index in [4.69, 9.17) is 4.74 Å². The number of methoxy groups -OCH3 is 1. The van der Waals surface area contributed by atoms with Crippen molar-refractivity contribution >= 4 is 0 Å². The second-order valence-electron chi connectivity index (χ2n) is 5.76. The average Bonchev–Trinajstić information content (AvgIpc) is 2.53. The molecule has 0 unspecified atom stereocenters. The molecule has 0 aliphatic heterocycles. The summed E-state index contributed by atoms with van der Waals surface area (Å²) >= 11 is 0. The number of aliphatic hydroxyl groups excluding tert-OH is 1. The molecule has 2 aromatic rings. The summed E-state index contributed by atoms with van der Waals surface area (Å²) in [5.74, 6) is 0.912. The Morgan fingerprint density at radius 3 is 2.64 bits per heavy atom. The first-order chi connectivity index (χ1) is 10.6. The minimum atomic E-state index is -0.486. The highest BCUT2D eigenvalue weighted by Gasteiger charge is 2.11. The third-order valence-electron chi connectivity index (χ3n) is 3.81. The predicted molar refractivity (Wildman–Crippen MR) is 90.3 cm³/mol. The van der Waals surface area contributed by atoms with Crippen molar-refractivity contribution in [1.29, 1.82) is 0 Å². The van der Waals surface area contributed by atoms with Crippen molar-refractivity contribution in [2.24, 2.45) is 0 Å². The van der Waals surface area contributed by atoms with E-state index in [2.05, 4.69) is 18.3 Å². The molecule has 2 rings (SSSR count). The molecule has 0 heterocycles. The summed E-state index contributed by atoms with van der Waals surface area (Å²) in [6, 6.07) is 16.3. The van der Waals surface area contributed by atoms with Gasteiger partial charge in [0, 0.05) is 12.6 Å². The molecule has 0 bridgehead atoms. The van der Waals surface area contributed by atoms with E-state index in [-0.39, 0.29) is 6.04 Å². The minimum Gasteiger partial charge on any atom is -0.496 e. The number of ether oxygens (including phenoxy) is 1. The van der Waals surface area contributed by atoms with Gasteiger partial charge in [-0.3, -0.25) is 0 Å². The molecule has 0 saturated carbocycles. The first kappa shape index (κ1) is 16.5. The molecule has 3 heteroatoms. The Morgan fingerprint density at radius 2 is 1.91 bits per heavy atom. The Bertz CT molecular complexity index is 597. The normalized spacial score (nSPS) is 13.6. The average molecular weight is 299 g/mol. The van der Waals surface area contributed by atoms with Crippen LogP contribution in [0.5, 0.6) is 5.75 Å². The van der Waals surface area contributed by atoms with Crippen molar-refractivity contribution in [1.82, 2.24) is 5.32 Å². The van der Waals surface area contributed by atoms with E-state index in [9.17, 15) is 5.11 Å². The molecular formula is C19H25NO2. The third-order valence-corrected chi connectivity index (χ3v) is 3.81. The van der Waals surface area contributed by atoms with Gasteiger partial charge in [0.1, 0.15) is 5.75 Å². The highest BCUT2D eigenvalue weighted by molar-refractivity contribution is 5.33.